The molecule has 15 heavy (non-hydrogen) atoms. The first-order valence-electron chi connectivity index (χ1n) is 5.50. The Labute approximate surface area is 90.1 Å². The molecule has 1 aromatic rings. The van der Waals surface area contributed by atoms with E-state index in [1.165, 1.54) is 12.8 Å². The summed E-state index contributed by atoms with van der Waals surface area (Å²) in [7, 11) is 1.85. The normalized spacial score (nSPS) is 15.1. The minimum Gasteiger partial charge on any atom is -0.477 e. The van der Waals surface area contributed by atoms with Crippen LogP contribution in [0.25, 0.3) is 0 Å². The van der Waals surface area contributed by atoms with Gasteiger partial charge in [-0.3, -0.25) is 0 Å². The van der Waals surface area contributed by atoms with Crippen LogP contribution in [0.1, 0.15) is 25.6 Å². The summed E-state index contributed by atoms with van der Waals surface area (Å²) in [5.74, 6) is 3.10. The highest BCUT2D eigenvalue weighted by Gasteiger charge is 2.22. The van der Waals surface area contributed by atoms with Crippen molar-refractivity contribution >= 4 is 5.82 Å². The number of anilines is 1. The quantitative estimate of drug-likeness (QED) is 0.800. The van der Waals surface area contributed by atoms with Crippen LogP contribution < -0.4 is 10.1 Å². The molecule has 1 fully saturated rings. The molecular formula is C11H17N3O. The molecule has 1 N–H and O–H groups in total. The first-order chi connectivity index (χ1) is 7.31. The first kappa shape index (κ1) is 10.2. The van der Waals surface area contributed by atoms with Gasteiger partial charge in [0.25, 0.3) is 0 Å². The number of aryl methyl sites for hydroxylation is 1. The molecule has 0 saturated heterocycles. The lowest BCUT2D eigenvalue weighted by atomic mass is 10.4. The third-order valence-corrected chi connectivity index (χ3v) is 2.49. The molecule has 0 atom stereocenters. The monoisotopic (exact) mass is 207 g/mol. The highest BCUT2D eigenvalue weighted by molar-refractivity contribution is 5.37. The predicted octanol–water partition coefficient (Wildman–Crippen LogP) is 1.87. The molecule has 0 aromatic carbocycles. The molecule has 0 radical (unpaired) electrons. The van der Waals surface area contributed by atoms with Gasteiger partial charge in [-0.05, 0) is 18.8 Å². The van der Waals surface area contributed by atoms with Crippen molar-refractivity contribution < 1.29 is 4.74 Å². The maximum atomic E-state index is 5.62. The summed E-state index contributed by atoms with van der Waals surface area (Å²) >= 11 is 0. The Hall–Kier alpha value is -1.32. The van der Waals surface area contributed by atoms with Crippen LogP contribution >= 0.6 is 0 Å². The summed E-state index contributed by atoms with van der Waals surface area (Å²) in [5.41, 5.74) is 0. The predicted molar refractivity (Wildman–Crippen MR) is 59.2 cm³/mol. The summed E-state index contributed by atoms with van der Waals surface area (Å²) in [6.07, 6.45) is 3.42. The van der Waals surface area contributed by atoms with Crippen LogP contribution in [0.15, 0.2) is 6.07 Å². The third-order valence-electron chi connectivity index (χ3n) is 2.49. The Bertz CT molecular complexity index is 314. The van der Waals surface area contributed by atoms with Crippen molar-refractivity contribution in [1.29, 1.82) is 0 Å². The largest absolute Gasteiger partial charge is 0.477 e. The fourth-order valence-corrected chi connectivity index (χ4v) is 1.32. The molecule has 0 spiro atoms. The summed E-state index contributed by atoms with van der Waals surface area (Å²) in [6, 6.07) is 1.85. The van der Waals surface area contributed by atoms with Gasteiger partial charge in [0, 0.05) is 19.5 Å². The number of nitrogens with one attached hydrogen (secondary N) is 1. The van der Waals surface area contributed by atoms with E-state index >= 15 is 0 Å². The van der Waals surface area contributed by atoms with Crippen LogP contribution in [0.5, 0.6) is 5.88 Å². The fourth-order valence-electron chi connectivity index (χ4n) is 1.32. The Balaban J connectivity index is 2.06. The second-order valence-electron chi connectivity index (χ2n) is 3.87. The fraction of sp³-hybridized carbons (Fsp3) is 0.636. The van der Waals surface area contributed by atoms with Gasteiger partial charge < -0.3 is 10.1 Å². The molecule has 1 heterocycles. The number of hydrogen-bond donors (Lipinski definition) is 1. The average molecular weight is 207 g/mol. The number of nitrogens with zero attached hydrogens (tertiary/aromatic N) is 2. The van der Waals surface area contributed by atoms with Crippen LogP contribution in [0, 0.1) is 5.92 Å². The molecule has 4 nitrogen and oxygen atoms in total. The number of aromatic nitrogens is 2. The Kier molecular flexibility index (Phi) is 3.04. The van der Waals surface area contributed by atoms with Crippen LogP contribution in [0.4, 0.5) is 5.82 Å². The van der Waals surface area contributed by atoms with Crippen molar-refractivity contribution in [2.45, 2.75) is 26.2 Å². The maximum Gasteiger partial charge on any atom is 0.218 e. The third kappa shape index (κ3) is 2.81. The molecule has 1 aliphatic rings. The second-order valence-corrected chi connectivity index (χ2v) is 3.87. The van der Waals surface area contributed by atoms with Crippen molar-refractivity contribution in [2.24, 2.45) is 5.92 Å². The molecule has 0 bridgehead atoms. The van der Waals surface area contributed by atoms with Gasteiger partial charge >= 0.3 is 0 Å². The smallest absolute Gasteiger partial charge is 0.218 e. The highest BCUT2D eigenvalue weighted by Crippen LogP contribution is 2.29. The molecule has 82 valence electrons. The van der Waals surface area contributed by atoms with E-state index in [1.807, 2.05) is 20.0 Å². The average Bonchev–Trinajstić information content (AvgIpc) is 3.09. The van der Waals surface area contributed by atoms with Crippen LogP contribution in [-0.2, 0) is 6.42 Å². The number of ether oxygens (including phenoxy) is 1. The minimum absolute atomic E-state index is 0.693. The molecule has 2 rings (SSSR count). The van der Waals surface area contributed by atoms with Crippen molar-refractivity contribution in [2.75, 3.05) is 19.0 Å². The highest BCUT2D eigenvalue weighted by atomic mass is 16.5. The minimum atomic E-state index is 0.693. The molecule has 4 heteroatoms. The SMILES string of the molecule is CCc1nc(NC)cc(OCC2CC2)n1. The van der Waals surface area contributed by atoms with Gasteiger partial charge in [-0.15, -0.1) is 0 Å². The number of hydrogen-bond acceptors (Lipinski definition) is 4. The van der Waals surface area contributed by atoms with E-state index in [0.29, 0.717) is 5.88 Å². The Morgan fingerprint density at radius 2 is 2.27 bits per heavy atom. The van der Waals surface area contributed by atoms with Gasteiger partial charge in [-0.2, -0.15) is 4.98 Å². The molecule has 1 aromatic heterocycles. The lowest BCUT2D eigenvalue weighted by molar-refractivity contribution is 0.287. The van der Waals surface area contributed by atoms with Crippen molar-refractivity contribution in [3.63, 3.8) is 0 Å². The van der Waals surface area contributed by atoms with Gasteiger partial charge in [0.1, 0.15) is 11.6 Å². The Morgan fingerprint density at radius 3 is 2.87 bits per heavy atom. The zero-order valence-corrected chi connectivity index (χ0v) is 9.29. The first-order valence-corrected chi connectivity index (χ1v) is 5.50. The van der Waals surface area contributed by atoms with Crippen molar-refractivity contribution in [3.8, 4) is 5.88 Å². The lowest BCUT2D eigenvalue weighted by Gasteiger charge is -2.07. The van der Waals surface area contributed by atoms with E-state index in [9.17, 15) is 0 Å². The van der Waals surface area contributed by atoms with Crippen molar-refractivity contribution in [1.82, 2.24) is 9.97 Å². The second kappa shape index (κ2) is 4.47. The van der Waals surface area contributed by atoms with Gasteiger partial charge in [-0.25, -0.2) is 4.98 Å². The van der Waals surface area contributed by atoms with Crippen LogP contribution in [0.3, 0.4) is 0 Å². The van der Waals surface area contributed by atoms with E-state index in [1.54, 1.807) is 0 Å². The van der Waals surface area contributed by atoms with E-state index in [2.05, 4.69) is 15.3 Å². The van der Waals surface area contributed by atoms with E-state index in [-0.39, 0.29) is 0 Å². The molecular weight excluding hydrogens is 190 g/mol. The van der Waals surface area contributed by atoms with E-state index < -0.39 is 0 Å². The molecule has 0 unspecified atom stereocenters. The zero-order valence-electron chi connectivity index (χ0n) is 9.29. The standard InChI is InChI=1S/C11H17N3O/c1-3-9-13-10(12-2)6-11(14-9)15-7-8-4-5-8/h6,8H,3-5,7H2,1-2H3,(H,12,13,14). The van der Waals surface area contributed by atoms with E-state index in [0.717, 1.165) is 30.6 Å². The zero-order chi connectivity index (χ0) is 10.7. The topological polar surface area (TPSA) is 47.0 Å². The van der Waals surface area contributed by atoms with Gasteiger partial charge in [0.2, 0.25) is 5.88 Å². The Morgan fingerprint density at radius 1 is 1.47 bits per heavy atom. The van der Waals surface area contributed by atoms with Gasteiger partial charge in [-0.1, -0.05) is 6.92 Å². The molecule has 0 amide bonds. The number of rotatable bonds is 5. The van der Waals surface area contributed by atoms with Gasteiger partial charge in [0.05, 0.1) is 6.61 Å². The summed E-state index contributed by atoms with van der Waals surface area (Å²) in [6.45, 7) is 2.84. The van der Waals surface area contributed by atoms with Gasteiger partial charge in [0.15, 0.2) is 0 Å². The molecule has 0 aliphatic heterocycles. The molecule has 1 aliphatic carbocycles. The summed E-state index contributed by atoms with van der Waals surface area (Å²) in [5, 5.41) is 3.01. The molecule has 1 saturated carbocycles. The van der Waals surface area contributed by atoms with Crippen LogP contribution in [0.2, 0.25) is 0 Å². The summed E-state index contributed by atoms with van der Waals surface area (Å²) < 4.78 is 5.62. The van der Waals surface area contributed by atoms with Crippen molar-refractivity contribution in [3.05, 3.63) is 11.9 Å². The van der Waals surface area contributed by atoms with E-state index in [4.69, 9.17) is 4.74 Å². The summed E-state index contributed by atoms with van der Waals surface area (Å²) in [4.78, 5) is 8.64. The lowest BCUT2D eigenvalue weighted by Crippen LogP contribution is -2.05. The maximum absolute atomic E-state index is 5.62. The van der Waals surface area contributed by atoms with Crippen LogP contribution in [-0.4, -0.2) is 23.6 Å².